The first kappa shape index (κ1) is 20.7. The second kappa shape index (κ2) is 9.94. The summed E-state index contributed by atoms with van der Waals surface area (Å²) in [6.45, 7) is 5.65. The molecule has 0 aromatic heterocycles. The number of hydrogen-bond acceptors (Lipinski definition) is 4. The van der Waals surface area contributed by atoms with Crippen molar-refractivity contribution in [3.63, 3.8) is 0 Å². The number of benzene rings is 2. The molecule has 0 atom stereocenters. The smallest absolute Gasteiger partial charge is 0.255 e. The maximum atomic E-state index is 12.8. The van der Waals surface area contributed by atoms with Crippen molar-refractivity contribution in [3.8, 4) is 11.5 Å². The van der Waals surface area contributed by atoms with Gasteiger partial charge in [-0.15, -0.1) is 0 Å². The molecule has 0 radical (unpaired) electrons. The minimum atomic E-state index is -0.183. The average Bonchev–Trinajstić information content (AvgIpc) is 2.70. The average molecular weight is 447 g/mol. The zero-order valence-electron chi connectivity index (χ0n) is 16.5. The summed E-state index contributed by atoms with van der Waals surface area (Å²) in [5.74, 6) is 0.947. The van der Waals surface area contributed by atoms with Crippen LogP contribution in [0.1, 0.15) is 42.1 Å². The summed E-state index contributed by atoms with van der Waals surface area (Å²) >= 11 is 3.47. The Bertz CT molecular complexity index is 819. The SMILES string of the molecule is CCOc1c(Br)cc(C(=O)Nc2cccc(CN3CCCCC3)c2)cc1OC. The number of carbonyl (C=O) groups is 1. The topological polar surface area (TPSA) is 50.8 Å². The van der Waals surface area contributed by atoms with Crippen molar-refractivity contribution in [2.24, 2.45) is 0 Å². The first-order chi connectivity index (χ1) is 13.6. The van der Waals surface area contributed by atoms with E-state index in [0.717, 1.165) is 25.3 Å². The van der Waals surface area contributed by atoms with Gasteiger partial charge in [0.15, 0.2) is 11.5 Å². The zero-order valence-corrected chi connectivity index (χ0v) is 18.0. The molecule has 1 N–H and O–H groups in total. The van der Waals surface area contributed by atoms with Crippen LogP contribution in [-0.2, 0) is 6.54 Å². The van der Waals surface area contributed by atoms with Crippen LogP contribution in [0.25, 0.3) is 0 Å². The Labute approximate surface area is 175 Å². The van der Waals surface area contributed by atoms with Gasteiger partial charge in [-0.1, -0.05) is 18.6 Å². The summed E-state index contributed by atoms with van der Waals surface area (Å²) in [5.41, 5.74) is 2.52. The standard InChI is InChI=1S/C22H27BrN2O3/c1-3-28-21-19(23)13-17(14-20(21)27-2)22(26)24-18-9-7-8-16(12-18)15-25-10-5-4-6-11-25/h7-9,12-14H,3-6,10-11,15H2,1-2H3,(H,24,26). The van der Waals surface area contributed by atoms with Gasteiger partial charge in [0, 0.05) is 17.8 Å². The van der Waals surface area contributed by atoms with E-state index in [1.807, 2.05) is 25.1 Å². The van der Waals surface area contributed by atoms with Crippen LogP contribution in [0.5, 0.6) is 11.5 Å². The molecule has 6 heteroatoms. The van der Waals surface area contributed by atoms with Gasteiger partial charge in [-0.05, 0) is 78.6 Å². The van der Waals surface area contributed by atoms with Gasteiger partial charge in [-0.3, -0.25) is 9.69 Å². The molecule has 1 aliphatic rings. The zero-order chi connectivity index (χ0) is 19.9. The molecule has 1 fully saturated rings. The Morgan fingerprint density at radius 1 is 1.18 bits per heavy atom. The van der Waals surface area contributed by atoms with Crippen LogP contribution in [0.15, 0.2) is 40.9 Å². The summed E-state index contributed by atoms with van der Waals surface area (Å²) in [7, 11) is 1.57. The molecular formula is C22H27BrN2O3. The van der Waals surface area contributed by atoms with E-state index in [-0.39, 0.29) is 5.91 Å². The molecule has 0 unspecified atom stereocenters. The second-order valence-electron chi connectivity index (χ2n) is 6.91. The van der Waals surface area contributed by atoms with E-state index in [9.17, 15) is 4.79 Å². The molecule has 0 spiro atoms. The highest BCUT2D eigenvalue weighted by molar-refractivity contribution is 9.10. The van der Waals surface area contributed by atoms with Crippen LogP contribution in [-0.4, -0.2) is 37.6 Å². The van der Waals surface area contributed by atoms with Gasteiger partial charge in [0.2, 0.25) is 0 Å². The van der Waals surface area contributed by atoms with Gasteiger partial charge in [-0.2, -0.15) is 0 Å². The first-order valence-corrected chi connectivity index (χ1v) is 10.5. The van der Waals surface area contributed by atoms with Crippen molar-refractivity contribution < 1.29 is 14.3 Å². The molecule has 1 saturated heterocycles. The van der Waals surface area contributed by atoms with E-state index < -0.39 is 0 Å². The van der Waals surface area contributed by atoms with Crippen molar-refractivity contribution >= 4 is 27.5 Å². The van der Waals surface area contributed by atoms with Crippen molar-refractivity contribution in [2.45, 2.75) is 32.7 Å². The third-order valence-electron chi connectivity index (χ3n) is 4.82. The maximum Gasteiger partial charge on any atom is 0.255 e. The Morgan fingerprint density at radius 2 is 1.96 bits per heavy atom. The van der Waals surface area contributed by atoms with Crippen LogP contribution >= 0.6 is 15.9 Å². The van der Waals surface area contributed by atoms with Gasteiger partial charge in [0.1, 0.15) is 0 Å². The Balaban J connectivity index is 1.72. The number of amides is 1. The van der Waals surface area contributed by atoms with E-state index in [1.54, 1.807) is 19.2 Å². The monoisotopic (exact) mass is 446 g/mol. The fourth-order valence-corrected chi connectivity index (χ4v) is 4.02. The lowest BCUT2D eigenvalue weighted by molar-refractivity contribution is 0.102. The van der Waals surface area contributed by atoms with Crippen molar-refractivity contribution in [3.05, 3.63) is 52.0 Å². The second-order valence-corrected chi connectivity index (χ2v) is 7.77. The lowest BCUT2D eigenvalue weighted by atomic mass is 10.1. The molecule has 2 aromatic carbocycles. The molecule has 1 amide bonds. The molecule has 2 aromatic rings. The number of rotatable bonds is 7. The Morgan fingerprint density at radius 3 is 2.68 bits per heavy atom. The van der Waals surface area contributed by atoms with Gasteiger partial charge in [0.05, 0.1) is 18.2 Å². The van der Waals surface area contributed by atoms with Crippen LogP contribution in [0, 0.1) is 0 Å². The summed E-state index contributed by atoms with van der Waals surface area (Å²) in [5, 5.41) is 2.99. The lowest BCUT2D eigenvalue weighted by Gasteiger charge is -2.26. The van der Waals surface area contributed by atoms with Crippen LogP contribution in [0.3, 0.4) is 0 Å². The number of ether oxygens (including phenoxy) is 2. The van der Waals surface area contributed by atoms with E-state index in [0.29, 0.717) is 28.1 Å². The minimum Gasteiger partial charge on any atom is -0.493 e. The van der Waals surface area contributed by atoms with Crippen LogP contribution in [0.2, 0.25) is 0 Å². The first-order valence-electron chi connectivity index (χ1n) is 9.73. The van der Waals surface area contributed by atoms with E-state index >= 15 is 0 Å². The molecule has 0 aliphatic carbocycles. The normalized spacial score (nSPS) is 14.5. The number of anilines is 1. The fourth-order valence-electron chi connectivity index (χ4n) is 3.46. The Hall–Kier alpha value is -2.05. The highest BCUT2D eigenvalue weighted by atomic mass is 79.9. The summed E-state index contributed by atoms with van der Waals surface area (Å²) in [4.78, 5) is 15.2. The van der Waals surface area contributed by atoms with Crippen molar-refractivity contribution in [1.82, 2.24) is 4.90 Å². The molecule has 0 saturated carbocycles. The number of carbonyl (C=O) groups excluding carboxylic acids is 1. The number of halogens is 1. The number of hydrogen-bond donors (Lipinski definition) is 1. The molecule has 5 nitrogen and oxygen atoms in total. The number of methoxy groups -OCH3 is 1. The van der Waals surface area contributed by atoms with Gasteiger partial charge >= 0.3 is 0 Å². The summed E-state index contributed by atoms with van der Waals surface area (Å²) in [6, 6.07) is 11.5. The predicted molar refractivity (Wildman–Crippen MR) is 115 cm³/mol. The van der Waals surface area contributed by atoms with Gasteiger partial charge in [-0.25, -0.2) is 0 Å². The molecule has 28 heavy (non-hydrogen) atoms. The van der Waals surface area contributed by atoms with Crippen molar-refractivity contribution in [1.29, 1.82) is 0 Å². The number of piperidine rings is 1. The largest absolute Gasteiger partial charge is 0.493 e. The summed E-state index contributed by atoms with van der Waals surface area (Å²) in [6.07, 6.45) is 3.86. The number of nitrogens with one attached hydrogen (secondary N) is 1. The van der Waals surface area contributed by atoms with E-state index in [4.69, 9.17) is 9.47 Å². The van der Waals surface area contributed by atoms with Gasteiger partial charge < -0.3 is 14.8 Å². The van der Waals surface area contributed by atoms with Gasteiger partial charge in [0.25, 0.3) is 5.91 Å². The third-order valence-corrected chi connectivity index (χ3v) is 5.41. The third kappa shape index (κ3) is 5.26. The molecular weight excluding hydrogens is 420 g/mol. The number of likely N-dealkylation sites (tertiary alicyclic amines) is 1. The van der Waals surface area contributed by atoms with E-state index in [2.05, 4.69) is 32.2 Å². The molecule has 1 aliphatic heterocycles. The summed E-state index contributed by atoms with van der Waals surface area (Å²) < 4.78 is 11.7. The molecule has 1 heterocycles. The van der Waals surface area contributed by atoms with Crippen LogP contribution in [0.4, 0.5) is 5.69 Å². The lowest BCUT2D eigenvalue weighted by Crippen LogP contribution is -2.29. The predicted octanol–water partition coefficient (Wildman–Crippen LogP) is 5.09. The highest BCUT2D eigenvalue weighted by Gasteiger charge is 2.16. The number of nitrogens with zero attached hydrogens (tertiary/aromatic N) is 1. The van der Waals surface area contributed by atoms with Crippen molar-refractivity contribution in [2.75, 3.05) is 32.1 Å². The van der Waals surface area contributed by atoms with E-state index in [1.165, 1.54) is 24.8 Å². The maximum absolute atomic E-state index is 12.8. The highest BCUT2D eigenvalue weighted by Crippen LogP contribution is 2.36. The quantitative estimate of drug-likeness (QED) is 0.642. The molecule has 150 valence electrons. The molecule has 3 rings (SSSR count). The molecule has 0 bridgehead atoms. The minimum absolute atomic E-state index is 0.183. The van der Waals surface area contributed by atoms with Crippen LogP contribution < -0.4 is 14.8 Å². The fraction of sp³-hybridized carbons (Fsp3) is 0.409. The Kier molecular flexibility index (Phi) is 7.34.